The van der Waals surface area contributed by atoms with E-state index in [-0.39, 0.29) is 12.0 Å². The summed E-state index contributed by atoms with van der Waals surface area (Å²) in [6.45, 7) is 0. The number of fused-ring (bicyclic) bond motifs is 1. The summed E-state index contributed by atoms with van der Waals surface area (Å²) >= 11 is 0. The van der Waals surface area contributed by atoms with Crippen LogP contribution in [0.3, 0.4) is 0 Å². The highest BCUT2D eigenvalue weighted by atomic mass is 16.1. The second-order valence-corrected chi connectivity index (χ2v) is 5.54. The number of ketones is 1. The molecule has 1 aromatic carbocycles. The van der Waals surface area contributed by atoms with Gasteiger partial charge in [-0.25, -0.2) is 0 Å². The van der Waals surface area contributed by atoms with Crippen molar-refractivity contribution in [3.63, 3.8) is 0 Å². The lowest BCUT2D eigenvalue weighted by Gasteiger charge is -2.30. The van der Waals surface area contributed by atoms with Gasteiger partial charge in [0, 0.05) is 18.4 Å². The molecule has 0 amide bonds. The number of rotatable bonds is 3. The second-order valence-electron chi connectivity index (χ2n) is 5.54. The van der Waals surface area contributed by atoms with E-state index in [1.54, 1.807) is 0 Å². The van der Waals surface area contributed by atoms with Gasteiger partial charge in [0.25, 0.3) is 0 Å². The molecule has 2 heteroatoms. The highest BCUT2D eigenvalue weighted by Gasteiger charge is 2.32. The lowest BCUT2D eigenvalue weighted by atomic mass is 9.74. The summed E-state index contributed by atoms with van der Waals surface area (Å²) < 4.78 is 0. The van der Waals surface area contributed by atoms with Crippen molar-refractivity contribution in [3.8, 4) is 0 Å². The average Bonchev–Trinajstić information content (AvgIpc) is 2.73. The number of carbonyl (C=O) groups is 1. The third-order valence-corrected chi connectivity index (χ3v) is 4.34. The predicted octanol–water partition coefficient (Wildman–Crippen LogP) is 2.41. The van der Waals surface area contributed by atoms with E-state index in [4.69, 9.17) is 5.73 Å². The third kappa shape index (κ3) is 2.02. The minimum Gasteiger partial charge on any atom is -0.328 e. The number of hydrogen-bond acceptors (Lipinski definition) is 2. The Labute approximate surface area is 102 Å². The third-order valence-electron chi connectivity index (χ3n) is 4.34. The van der Waals surface area contributed by atoms with Crippen LogP contribution in [0.2, 0.25) is 0 Å². The molecule has 0 bridgehead atoms. The quantitative estimate of drug-likeness (QED) is 0.865. The molecule has 2 aliphatic carbocycles. The van der Waals surface area contributed by atoms with E-state index in [0.717, 1.165) is 32.1 Å². The molecule has 2 nitrogen and oxygen atoms in total. The minimum absolute atomic E-state index is 0.248. The summed E-state index contributed by atoms with van der Waals surface area (Å²) in [6.07, 6.45) is 4.76. The van der Waals surface area contributed by atoms with Crippen LogP contribution in [0.5, 0.6) is 0 Å². The second kappa shape index (κ2) is 4.26. The first-order valence-corrected chi connectivity index (χ1v) is 6.60. The zero-order valence-electron chi connectivity index (χ0n) is 10.1. The van der Waals surface area contributed by atoms with Gasteiger partial charge in [0.15, 0.2) is 0 Å². The monoisotopic (exact) mass is 229 g/mol. The van der Waals surface area contributed by atoms with Crippen molar-refractivity contribution >= 4 is 5.78 Å². The summed E-state index contributed by atoms with van der Waals surface area (Å²) in [5.74, 6) is 1.17. The molecule has 2 aliphatic rings. The van der Waals surface area contributed by atoms with Crippen LogP contribution in [0.25, 0.3) is 0 Å². The Balaban J connectivity index is 1.61. The highest BCUT2D eigenvalue weighted by molar-refractivity contribution is 5.82. The van der Waals surface area contributed by atoms with Gasteiger partial charge in [-0.1, -0.05) is 24.3 Å². The summed E-state index contributed by atoms with van der Waals surface area (Å²) in [5, 5.41) is 0. The van der Waals surface area contributed by atoms with E-state index >= 15 is 0 Å². The molecule has 0 spiro atoms. The first-order chi connectivity index (χ1) is 8.24. The normalized spacial score (nSPS) is 30.8. The Hall–Kier alpha value is -1.15. The summed E-state index contributed by atoms with van der Waals surface area (Å²) in [4.78, 5) is 12.1. The van der Waals surface area contributed by atoms with Crippen molar-refractivity contribution in [2.45, 2.75) is 44.1 Å². The maximum atomic E-state index is 12.1. The smallest absolute Gasteiger partial charge is 0.136 e. The van der Waals surface area contributed by atoms with Gasteiger partial charge in [0.1, 0.15) is 5.78 Å². The molecule has 17 heavy (non-hydrogen) atoms. The van der Waals surface area contributed by atoms with E-state index < -0.39 is 0 Å². The van der Waals surface area contributed by atoms with E-state index in [9.17, 15) is 4.79 Å². The predicted molar refractivity (Wildman–Crippen MR) is 67.8 cm³/mol. The van der Waals surface area contributed by atoms with Crippen LogP contribution >= 0.6 is 0 Å². The molecule has 1 saturated carbocycles. The van der Waals surface area contributed by atoms with Crippen LogP contribution in [-0.2, 0) is 11.2 Å². The van der Waals surface area contributed by atoms with Crippen LogP contribution in [0.1, 0.15) is 42.7 Å². The van der Waals surface area contributed by atoms with Gasteiger partial charge >= 0.3 is 0 Å². The number of nitrogens with two attached hydrogens (primary N) is 1. The lowest BCUT2D eigenvalue weighted by molar-refractivity contribution is -0.123. The van der Waals surface area contributed by atoms with E-state index in [0.29, 0.717) is 11.7 Å². The molecule has 90 valence electrons. The number of Topliss-reactive ketones (excluding diaryl/α,β-unsaturated/α-hetero) is 1. The van der Waals surface area contributed by atoms with Crippen molar-refractivity contribution in [2.24, 2.45) is 11.7 Å². The van der Waals surface area contributed by atoms with Crippen molar-refractivity contribution in [2.75, 3.05) is 0 Å². The van der Waals surface area contributed by atoms with E-state index in [1.807, 2.05) is 0 Å². The summed E-state index contributed by atoms with van der Waals surface area (Å²) in [6, 6.07) is 8.74. The van der Waals surface area contributed by atoms with Crippen LogP contribution in [0.4, 0.5) is 0 Å². The Morgan fingerprint density at radius 3 is 2.82 bits per heavy atom. The molecule has 0 radical (unpaired) electrons. The Bertz CT molecular complexity index is 440. The topological polar surface area (TPSA) is 43.1 Å². The van der Waals surface area contributed by atoms with Crippen LogP contribution in [0.15, 0.2) is 24.3 Å². The van der Waals surface area contributed by atoms with Gasteiger partial charge in [0.2, 0.25) is 0 Å². The highest BCUT2D eigenvalue weighted by Crippen LogP contribution is 2.39. The van der Waals surface area contributed by atoms with Crippen molar-refractivity contribution in [1.82, 2.24) is 0 Å². The zero-order valence-corrected chi connectivity index (χ0v) is 10.1. The lowest BCUT2D eigenvalue weighted by Crippen LogP contribution is -2.24. The molecule has 0 aliphatic heterocycles. The van der Waals surface area contributed by atoms with Crippen LogP contribution in [0, 0.1) is 5.92 Å². The Morgan fingerprint density at radius 2 is 2.12 bits per heavy atom. The maximum absolute atomic E-state index is 12.1. The summed E-state index contributed by atoms with van der Waals surface area (Å²) in [7, 11) is 0. The Kier molecular flexibility index (Phi) is 2.75. The molecule has 2 N–H and O–H groups in total. The van der Waals surface area contributed by atoms with E-state index in [1.165, 1.54) is 11.1 Å². The van der Waals surface area contributed by atoms with Gasteiger partial charge in [-0.2, -0.15) is 0 Å². The molecule has 0 aromatic heterocycles. The number of benzene rings is 1. The van der Waals surface area contributed by atoms with Gasteiger partial charge in [-0.3, -0.25) is 4.79 Å². The molecule has 3 rings (SSSR count). The van der Waals surface area contributed by atoms with Gasteiger partial charge < -0.3 is 5.73 Å². The molecule has 3 unspecified atom stereocenters. The fraction of sp³-hybridized carbons (Fsp3) is 0.533. The summed E-state index contributed by atoms with van der Waals surface area (Å²) in [5.41, 5.74) is 8.68. The molecule has 1 aromatic rings. The van der Waals surface area contributed by atoms with Crippen molar-refractivity contribution < 1.29 is 4.79 Å². The van der Waals surface area contributed by atoms with Crippen LogP contribution in [-0.4, -0.2) is 11.8 Å². The molecular formula is C15H19NO. The first kappa shape index (κ1) is 11.0. The number of carbonyl (C=O) groups excluding carboxylic acids is 1. The minimum atomic E-state index is 0.248. The first-order valence-electron chi connectivity index (χ1n) is 6.60. The maximum Gasteiger partial charge on any atom is 0.136 e. The van der Waals surface area contributed by atoms with Crippen molar-refractivity contribution in [3.05, 3.63) is 35.4 Å². The zero-order chi connectivity index (χ0) is 11.8. The van der Waals surface area contributed by atoms with Crippen LogP contribution < -0.4 is 5.73 Å². The van der Waals surface area contributed by atoms with E-state index in [2.05, 4.69) is 24.3 Å². The standard InChI is InChI=1S/C15H19NO/c16-13-6-5-11(8-13)15(17)9-12-7-10-3-1-2-4-14(10)12/h1-4,11-13H,5-9,16H2. The largest absolute Gasteiger partial charge is 0.328 e. The number of hydrogen-bond donors (Lipinski definition) is 1. The van der Waals surface area contributed by atoms with Gasteiger partial charge in [0.05, 0.1) is 0 Å². The molecule has 1 fully saturated rings. The average molecular weight is 229 g/mol. The molecular weight excluding hydrogens is 210 g/mol. The van der Waals surface area contributed by atoms with Crippen molar-refractivity contribution in [1.29, 1.82) is 0 Å². The fourth-order valence-electron chi connectivity index (χ4n) is 3.26. The SMILES string of the molecule is NC1CCC(C(=O)CC2Cc3ccccc32)C1. The molecule has 0 saturated heterocycles. The fourth-order valence-corrected chi connectivity index (χ4v) is 3.26. The molecule has 3 atom stereocenters. The molecule has 0 heterocycles. The van der Waals surface area contributed by atoms with Gasteiger partial charge in [-0.05, 0) is 42.7 Å². The Morgan fingerprint density at radius 1 is 1.29 bits per heavy atom. The van der Waals surface area contributed by atoms with Gasteiger partial charge in [-0.15, -0.1) is 0 Å².